The van der Waals surface area contributed by atoms with Crippen molar-refractivity contribution >= 4 is 32.7 Å². The second-order valence-corrected chi connectivity index (χ2v) is 9.45. The van der Waals surface area contributed by atoms with Gasteiger partial charge in [0, 0.05) is 43.0 Å². The Labute approximate surface area is 185 Å². The lowest BCUT2D eigenvalue weighted by molar-refractivity contribution is -0.126. The molecule has 0 saturated carbocycles. The molecular formula is C22H27N7OS. The topological polar surface area (TPSA) is 87.1 Å². The van der Waals surface area contributed by atoms with Gasteiger partial charge in [0.05, 0.1) is 5.69 Å². The van der Waals surface area contributed by atoms with Crippen LogP contribution in [0.5, 0.6) is 0 Å². The van der Waals surface area contributed by atoms with Crippen LogP contribution in [0.15, 0.2) is 30.9 Å². The van der Waals surface area contributed by atoms with Crippen LogP contribution in [-0.2, 0) is 4.79 Å². The number of likely N-dealkylation sites (tertiary alicyclic amines) is 1. The predicted molar refractivity (Wildman–Crippen MR) is 122 cm³/mol. The summed E-state index contributed by atoms with van der Waals surface area (Å²) in [6, 6.07) is 4.30. The summed E-state index contributed by atoms with van der Waals surface area (Å²) in [5.74, 6) is 0.336. The molecular weight excluding hydrogens is 410 g/mol. The second-order valence-electron chi connectivity index (χ2n) is 8.49. The molecule has 0 bridgehead atoms. The van der Waals surface area contributed by atoms with Gasteiger partial charge in [0.15, 0.2) is 5.13 Å². The van der Waals surface area contributed by atoms with Crippen molar-refractivity contribution in [2.24, 2.45) is 5.92 Å². The van der Waals surface area contributed by atoms with E-state index in [-0.39, 0.29) is 11.8 Å². The Morgan fingerprint density at radius 3 is 2.52 bits per heavy atom. The summed E-state index contributed by atoms with van der Waals surface area (Å²) in [6.07, 6.45) is 8.90. The van der Waals surface area contributed by atoms with Crippen molar-refractivity contribution in [3.05, 3.63) is 30.9 Å². The summed E-state index contributed by atoms with van der Waals surface area (Å²) in [4.78, 5) is 35.9. The molecule has 0 radical (unpaired) electrons. The van der Waals surface area contributed by atoms with Gasteiger partial charge in [-0.15, -0.1) is 0 Å². The molecule has 2 fully saturated rings. The monoisotopic (exact) mass is 437 g/mol. The smallest absolute Gasteiger partial charge is 0.223 e. The average Bonchev–Trinajstić information content (AvgIpc) is 3.25. The number of nitrogens with one attached hydrogen (secondary N) is 1. The third-order valence-corrected chi connectivity index (χ3v) is 7.33. The van der Waals surface area contributed by atoms with Crippen LogP contribution in [-0.4, -0.2) is 70.0 Å². The molecule has 1 amide bonds. The van der Waals surface area contributed by atoms with Crippen molar-refractivity contribution in [2.45, 2.75) is 31.7 Å². The zero-order chi connectivity index (χ0) is 21.2. The van der Waals surface area contributed by atoms with Gasteiger partial charge in [-0.05, 0) is 58.0 Å². The Bertz CT molecular complexity index is 1040. The maximum atomic E-state index is 12.7. The molecule has 9 heteroatoms. The van der Waals surface area contributed by atoms with Gasteiger partial charge in [-0.3, -0.25) is 4.79 Å². The SMILES string of the molecule is CN1CCC(NC(=O)C2CCN(c3nc4ccc(-c5cncnc5)nc4s3)CC2)CC1. The Morgan fingerprint density at radius 1 is 1.03 bits per heavy atom. The zero-order valence-corrected chi connectivity index (χ0v) is 18.5. The highest BCUT2D eigenvalue weighted by molar-refractivity contribution is 7.21. The van der Waals surface area contributed by atoms with Crippen LogP contribution in [0.3, 0.4) is 0 Å². The molecule has 0 atom stereocenters. The first kappa shape index (κ1) is 20.3. The highest BCUT2D eigenvalue weighted by Gasteiger charge is 2.28. The predicted octanol–water partition coefficient (Wildman–Crippen LogP) is 2.58. The number of amides is 1. The number of pyridine rings is 1. The van der Waals surface area contributed by atoms with E-state index in [2.05, 4.69) is 32.1 Å². The van der Waals surface area contributed by atoms with Gasteiger partial charge >= 0.3 is 0 Å². The van der Waals surface area contributed by atoms with Crippen molar-refractivity contribution in [3.63, 3.8) is 0 Å². The maximum absolute atomic E-state index is 12.7. The van der Waals surface area contributed by atoms with Crippen molar-refractivity contribution in [1.82, 2.24) is 30.2 Å². The molecule has 0 spiro atoms. The summed E-state index contributed by atoms with van der Waals surface area (Å²) in [6.45, 7) is 3.83. The Morgan fingerprint density at radius 2 is 1.77 bits per heavy atom. The molecule has 2 aliphatic rings. The molecule has 162 valence electrons. The van der Waals surface area contributed by atoms with Gasteiger partial charge in [-0.25, -0.2) is 19.9 Å². The normalized spacial score (nSPS) is 19.1. The molecule has 5 rings (SSSR count). The van der Waals surface area contributed by atoms with Gasteiger partial charge in [-0.1, -0.05) is 11.3 Å². The van der Waals surface area contributed by atoms with Gasteiger partial charge in [0.1, 0.15) is 16.7 Å². The van der Waals surface area contributed by atoms with E-state index in [1.807, 2.05) is 12.1 Å². The Balaban J connectivity index is 1.21. The molecule has 2 aliphatic heterocycles. The third kappa shape index (κ3) is 4.52. The molecule has 0 unspecified atom stereocenters. The van der Waals surface area contributed by atoms with Gasteiger partial charge in [0.25, 0.3) is 0 Å². The number of fused-ring (bicyclic) bond motifs is 1. The van der Waals surface area contributed by atoms with E-state index in [4.69, 9.17) is 9.97 Å². The van der Waals surface area contributed by atoms with Crippen LogP contribution >= 0.6 is 11.3 Å². The Hall–Kier alpha value is -2.65. The first-order valence-electron chi connectivity index (χ1n) is 10.9. The molecule has 0 aromatic carbocycles. The number of aromatic nitrogens is 4. The lowest BCUT2D eigenvalue weighted by Crippen LogP contribution is -2.47. The van der Waals surface area contributed by atoms with Crippen molar-refractivity contribution in [3.8, 4) is 11.3 Å². The van der Waals surface area contributed by atoms with Crippen LogP contribution in [0.2, 0.25) is 0 Å². The minimum atomic E-state index is 0.105. The minimum Gasteiger partial charge on any atom is -0.353 e. The van der Waals surface area contributed by atoms with Gasteiger partial charge in [-0.2, -0.15) is 0 Å². The first-order valence-corrected chi connectivity index (χ1v) is 11.7. The summed E-state index contributed by atoms with van der Waals surface area (Å²) < 4.78 is 0. The molecule has 3 aromatic heterocycles. The quantitative estimate of drug-likeness (QED) is 0.671. The molecule has 5 heterocycles. The van der Waals surface area contributed by atoms with E-state index < -0.39 is 0 Å². The number of carbonyl (C=O) groups is 1. The number of anilines is 1. The highest BCUT2D eigenvalue weighted by Crippen LogP contribution is 2.32. The van der Waals surface area contributed by atoms with E-state index in [0.29, 0.717) is 6.04 Å². The van der Waals surface area contributed by atoms with Gasteiger partial charge in [0.2, 0.25) is 5.91 Å². The summed E-state index contributed by atoms with van der Waals surface area (Å²) in [5.41, 5.74) is 2.66. The maximum Gasteiger partial charge on any atom is 0.223 e. The van der Waals surface area contributed by atoms with Crippen LogP contribution in [0.25, 0.3) is 21.6 Å². The van der Waals surface area contributed by atoms with Crippen molar-refractivity contribution < 1.29 is 4.79 Å². The molecule has 2 saturated heterocycles. The standard InChI is InChI=1S/C22H27N7OS/c1-28-8-6-17(7-9-28)25-20(30)15-4-10-29(11-5-15)22-27-19-3-2-18(26-21(19)31-22)16-12-23-14-24-13-16/h2-3,12-15,17H,4-11H2,1H3,(H,25,30). The largest absolute Gasteiger partial charge is 0.353 e. The fourth-order valence-electron chi connectivity index (χ4n) is 4.34. The zero-order valence-electron chi connectivity index (χ0n) is 17.7. The number of carbonyl (C=O) groups excluding carboxylic acids is 1. The summed E-state index contributed by atoms with van der Waals surface area (Å²) in [5, 5.41) is 4.27. The molecule has 3 aromatic rings. The third-order valence-electron chi connectivity index (χ3n) is 6.30. The van der Waals surface area contributed by atoms with E-state index in [0.717, 1.165) is 78.6 Å². The summed E-state index contributed by atoms with van der Waals surface area (Å²) in [7, 11) is 2.14. The lowest BCUT2D eigenvalue weighted by atomic mass is 9.95. The fourth-order valence-corrected chi connectivity index (χ4v) is 5.33. The number of rotatable bonds is 4. The lowest BCUT2D eigenvalue weighted by Gasteiger charge is -2.33. The van der Waals surface area contributed by atoms with Crippen molar-refractivity contribution in [1.29, 1.82) is 0 Å². The van der Waals surface area contributed by atoms with Crippen molar-refractivity contribution in [2.75, 3.05) is 38.1 Å². The molecule has 0 aliphatic carbocycles. The number of hydrogen-bond donors (Lipinski definition) is 1. The first-order chi connectivity index (χ1) is 15.2. The molecule has 31 heavy (non-hydrogen) atoms. The highest BCUT2D eigenvalue weighted by atomic mass is 32.1. The molecule has 8 nitrogen and oxygen atoms in total. The van der Waals surface area contributed by atoms with Crippen LogP contribution in [0.1, 0.15) is 25.7 Å². The van der Waals surface area contributed by atoms with Crippen LogP contribution < -0.4 is 10.2 Å². The number of piperidine rings is 2. The summed E-state index contributed by atoms with van der Waals surface area (Å²) >= 11 is 1.61. The number of hydrogen-bond acceptors (Lipinski definition) is 8. The Kier molecular flexibility index (Phi) is 5.78. The second kappa shape index (κ2) is 8.84. The van der Waals surface area contributed by atoms with Gasteiger partial charge < -0.3 is 15.1 Å². The van der Waals surface area contributed by atoms with Crippen LogP contribution in [0.4, 0.5) is 5.13 Å². The van der Waals surface area contributed by atoms with E-state index in [1.165, 1.54) is 6.33 Å². The van der Waals surface area contributed by atoms with E-state index in [9.17, 15) is 4.79 Å². The minimum absolute atomic E-state index is 0.105. The average molecular weight is 438 g/mol. The fraction of sp³-hybridized carbons (Fsp3) is 0.500. The molecule has 1 N–H and O–H groups in total. The van der Waals surface area contributed by atoms with E-state index in [1.54, 1.807) is 23.7 Å². The van der Waals surface area contributed by atoms with E-state index >= 15 is 0 Å². The number of nitrogens with zero attached hydrogens (tertiary/aromatic N) is 6. The number of thiazole rings is 1. The van der Waals surface area contributed by atoms with Crippen LogP contribution in [0, 0.1) is 5.92 Å².